The van der Waals surface area contributed by atoms with E-state index in [9.17, 15) is 8.78 Å². The molecule has 0 aliphatic heterocycles. The van der Waals surface area contributed by atoms with Crippen molar-refractivity contribution < 1.29 is 13.5 Å². The van der Waals surface area contributed by atoms with Gasteiger partial charge in [-0.15, -0.1) is 0 Å². The van der Waals surface area contributed by atoms with E-state index in [4.69, 9.17) is 4.74 Å². The number of alkyl halides is 2. The zero-order chi connectivity index (χ0) is 19.1. The normalized spacial score (nSPS) is 29.3. The van der Waals surface area contributed by atoms with E-state index in [2.05, 4.69) is 19.1 Å². The fourth-order valence-electron chi connectivity index (χ4n) is 4.96. The van der Waals surface area contributed by atoms with Crippen molar-refractivity contribution >= 4 is 6.08 Å². The van der Waals surface area contributed by atoms with Crippen LogP contribution in [0.2, 0.25) is 0 Å². The molecule has 1 nitrogen and oxygen atoms in total. The third-order valence-electron chi connectivity index (χ3n) is 6.77. The lowest BCUT2D eigenvalue weighted by molar-refractivity contribution is 0.0819. The van der Waals surface area contributed by atoms with Crippen molar-refractivity contribution in [3.63, 3.8) is 0 Å². The summed E-state index contributed by atoms with van der Waals surface area (Å²) < 4.78 is 29.4. The van der Waals surface area contributed by atoms with Gasteiger partial charge in [-0.25, -0.2) is 8.78 Å². The van der Waals surface area contributed by atoms with Gasteiger partial charge in [0.05, 0.1) is 0 Å². The first kappa shape index (κ1) is 20.4. The first-order valence-electron chi connectivity index (χ1n) is 10.8. The Balaban J connectivity index is 1.41. The van der Waals surface area contributed by atoms with Gasteiger partial charge < -0.3 is 4.74 Å². The average Bonchev–Trinajstić information content (AvgIpc) is 2.72. The zero-order valence-electron chi connectivity index (χ0n) is 16.6. The summed E-state index contributed by atoms with van der Waals surface area (Å²) in [6.45, 7) is 1.80. The molecule has 1 aromatic carbocycles. The van der Waals surface area contributed by atoms with Crippen molar-refractivity contribution in [3.8, 4) is 5.75 Å². The number of hydrogen-bond acceptors (Lipinski definition) is 1. The lowest BCUT2D eigenvalue weighted by Gasteiger charge is -2.37. The fourth-order valence-corrected chi connectivity index (χ4v) is 4.96. The van der Waals surface area contributed by atoms with Crippen molar-refractivity contribution in [2.24, 2.45) is 23.7 Å². The first-order chi connectivity index (χ1) is 13.1. The number of rotatable bonds is 7. The Morgan fingerprint density at radius 3 is 2.07 bits per heavy atom. The monoisotopic (exact) mass is 376 g/mol. The van der Waals surface area contributed by atoms with Crippen molar-refractivity contribution in [2.45, 2.75) is 71.1 Å². The minimum atomic E-state index is -2.43. The second-order valence-corrected chi connectivity index (χ2v) is 8.49. The maximum absolute atomic E-state index is 12.2. The molecule has 0 radical (unpaired) electrons. The van der Waals surface area contributed by atoms with Crippen LogP contribution in [0.1, 0.15) is 70.3 Å². The molecule has 3 rings (SSSR count). The zero-order valence-corrected chi connectivity index (χ0v) is 16.6. The predicted molar refractivity (Wildman–Crippen MR) is 108 cm³/mol. The van der Waals surface area contributed by atoms with E-state index >= 15 is 0 Å². The number of benzene rings is 1. The van der Waals surface area contributed by atoms with Gasteiger partial charge in [-0.1, -0.05) is 50.5 Å². The van der Waals surface area contributed by atoms with Crippen LogP contribution < -0.4 is 4.74 Å². The summed E-state index contributed by atoms with van der Waals surface area (Å²) in [5.74, 6) is 4.12. The Hall–Kier alpha value is -1.38. The number of allylic oxidation sites excluding steroid dienone is 1. The summed E-state index contributed by atoms with van der Waals surface area (Å²) in [5.41, 5.74) is 1.11. The van der Waals surface area contributed by atoms with Gasteiger partial charge in [0.15, 0.2) is 0 Å². The van der Waals surface area contributed by atoms with Crippen LogP contribution in [0.4, 0.5) is 8.78 Å². The molecule has 0 amide bonds. The number of hydrogen-bond donors (Lipinski definition) is 0. The molecule has 0 unspecified atom stereocenters. The van der Waals surface area contributed by atoms with Gasteiger partial charge in [0.2, 0.25) is 0 Å². The predicted octanol–water partition coefficient (Wildman–Crippen LogP) is 7.37. The van der Waals surface area contributed by atoms with E-state index in [1.54, 1.807) is 12.1 Å². The molecule has 0 spiro atoms. The summed E-state index contributed by atoms with van der Waals surface area (Å²) >= 11 is 0. The van der Waals surface area contributed by atoms with Gasteiger partial charge in [0.25, 0.3) is 6.43 Å². The van der Waals surface area contributed by atoms with Gasteiger partial charge in [0.1, 0.15) is 12.4 Å². The largest absolute Gasteiger partial charge is 0.488 e. The molecule has 0 bridgehead atoms. The molecule has 2 fully saturated rings. The van der Waals surface area contributed by atoms with Crippen LogP contribution in [-0.2, 0) is 0 Å². The summed E-state index contributed by atoms with van der Waals surface area (Å²) in [6, 6.07) is 7.42. The van der Waals surface area contributed by atoms with Gasteiger partial charge in [-0.3, -0.25) is 0 Å². The standard InChI is InChI=1S/C24H34F2O/c1-2-18-5-11-21(12-6-18)22-13-7-19(8-14-22)3-4-20-9-15-23(16-10-20)27-17-24(25)26/h3-4,9-10,15-16,18-19,21-22,24H,2,5-8,11-14,17H2,1H3/t18-,19-,21-,22-. The van der Waals surface area contributed by atoms with E-state index in [1.807, 2.05) is 12.1 Å². The molecule has 0 atom stereocenters. The molecule has 2 aliphatic rings. The highest BCUT2D eigenvalue weighted by Crippen LogP contribution is 2.42. The molecule has 2 aliphatic carbocycles. The fraction of sp³-hybridized carbons (Fsp3) is 0.667. The third-order valence-corrected chi connectivity index (χ3v) is 6.77. The topological polar surface area (TPSA) is 9.23 Å². The van der Waals surface area contributed by atoms with Crippen LogP contribution in [-0.4, -0.2) is 13.0 Å². The van der Waals surface area contributed by atoms with Gasteiger partial charge >= 0.3 is 0 Å². The maximum Gasteiger partial charge on any atom is 0.272 e. The highest BCUT2D eigenvalue weighted by atomic mass is 19.3. The Kier molecular flexibility index (Phi) is 7.72. The molecular formula is C24H34F2O. The van der Waals surface area contributed by atoms with Crippen LogP contribution in [0.25, 0.3) is 6.08 Å². The molecular weight excluding hydrogens is 342 g/mol. The summed E-state index contributed by atoms with van der Waals surface area (Å²) in [4.78, 5) is 0. The molecule has 1 aromatic rings. The molecule has 2 saturated carbocycles. The molecule has 0 heterocycles. The van der Waals surface area contributed by atoms with Crippen LogP contribution in [0, 0.1) is 23.7 Å². The van der Waals surface area contributed by atoms with Crippen molar-refractivity contribution in [3.05, 3.63) is 35.9 Å². The van der Waals surface area contributed by atoms with Crippen LogP contribution >= 0.6 is 0 Å². The number of ether oxygens (including phenoxy) is 1. The smallest absolute Gasteiger partial charge is 0.272 e. The van der Waals surface area contributed by atoms with Gasteiger partial charge in [-0.05, 0) is 79.9 Å². The summed E-state index contributed by atoms with van der Waals surface area (Å²) in [7, 11) is 0. The van der Waals surface area contributed by atoms with Crippen molar-refractivity contribution in [2.75, 3.05) is 6.61 Å². The molecule has 150 valence electrons. The molecule has 3 heteroatoms. The van der Waals surface area contributed by atoms with E-state index in [1.165, 1.54) is 57.8 Å². The Morgan fingerprint density at radius 2 is 1.52 bits per heavy atom. The maximum atomic E-state index is 12.2. The summed E-state index contributed by atoms with van der Waals surface area (Å²) in [5, 5.41) is 0. The minimum Gasteiger partial charge on any atom is -0.488 e. The molecule has 27 heavy (non-hydrogen) atoms. The molecule has 0 saturated heterocycles. The Morgan fingerprint density at radius 1 is 0.926 bits per heavy atom. The average molecular weight is 377 g/mol. The van der Waals surface area contributed by atoms with E-state index in [0.717, 1.165) is 23.3 Å². The van der Waals surface area contributed by atoms with E-state index in [-0.39, 0.29) is 0 Å². The number of halogens is 2. The van der Waals surface area contributed by atoms with Crippen molar-refractivity contribution in [1.82, 2.24) is 0 Å². The Labute approximate surface area is 163 Å². The molecule has 0 N–H and O–H groups in total. The quantitative estimate of drug-likeness (QED) is 0.483. The van der Waals surface area contributed by atoms with Crippen LogP contribution in [0.3, 0.4) is 0 Å². The van der Waals surface area contributed by atoms with Gasteiger partial charge in [0, 0.05) is 0 Å². The highest BCUT2D eigenvalue weighted by molar-refractivity contribution is 5.50. The second kappa shape index (κ2) is 10.2. The second-order valence-electron chi connectivity index (χ2n) is 8.49. The SMILES string of the molecule is CC[C@H]1CC[C@H]([C@H]2CC[C@H](C=Cc3ccc(OCC(F)F)cc3)CC2)CC1. The van der Waals surface area contributed by atoms with Crippen molar-refractivity contribution in [1.29, 1.82) is 0 Å². The first-order valence-corrected chi connectivity index (χ1v) is 10.8. The Bertz CT molecular complexity index is 565. The third kappa shape index (κ3) is 6.33. The highest BCUT2D eigenvalue weighted by Gasteiger charge is 2.29. The lowest BCUT2D eigenvalue weighted by Crippen LogP contribution is -2.25. The lowest BCUT2D eigenvalue weighted by atomic mass is 9.69. The molecule has 0 aromatic heterocycles. The minimum absolute atomic E-state index is 0.505. The van der Waals surface area contributed by atoms with Gasteiger partial charge in [-0.2, -0.15) is 0 Å². The van der Waals surface area contributed by atoms with E-state index < -0.39 is 13.0 Å². The summed E-state index contributed by atoms with van der Waals surface area (Å²) in [6.07, 6.45) is 14.7. The van der Waals surface area contributed by atoms with Crippen LogP contribution in [0.5, 0.6) is 5.75 Å². The van der Waals surface area contributed by atoms with E-state index in [0.29, 0.717) is 11.7 Å². The van der Waals surface area contributed by atoms with Crippen LogP contribution in [0.15, 0.2) is 30.3 Å².